The van der Waals surface area contributed by atoms with Crippen molar-refractivity contribution in [2.45, 2.75) is 12.8 Å². The standard InChI is InChI=1S/C18H17NO2/c20-18(12-14-6-2-1-3-7-14)19-11-10-15-13-21-17-9-5-4-8-16(15)17/h1-9,13H,10-12H2,(H,19,20). The van der Waals surface area contributed by atoms with Crippen LogP contribution in [0.3, 0.4) is 0 Å². The van der Waals surface area contributed by atoms with Crippen molar-refractivity contribution in [3.8, 4) is 0 Å². The Labute approximate surface area is 123 Å². The summed E-state index contributed by atoms with van der Waals surface area (Å²) in [5.74, 6) is 0.0500. The number of hydrogen-bond donors (Lipinski definition) is 1. The van der Waals surface area contributed by atoms with E-state index >= 15 is 0 Å². The summed E-state index contributed by atoms with van der Waals surface area (Å²) in [6.45, 7) is 0.620. The van der Waals surface area contributed by atoms with Gasteiger partial charge in [-0.3, -0.25) is 4.79 Å². The largest absolute Gasteiger partial charge is 0.464 e. The number of rotatable bonds is 5. The van der Waals surface area contributed by atoms with Gasteiger partial charge in [-0.15, -0.1) is 0 Å². The predicted octanol–water partition coefficient (Wildman–Crippen LogP) is 3.33. The summed E-state index contributed by atoms with van der Waals surface area (Å²) in [7, 11) is 0. The maximum Gasteiger partial charge on any atom is 0.224 e. The number of fused-ring (bicyclic) bond motifs is 1. The van der Waals surface area contributed by atoms with E-state index in [2.05, 4.69) is 5.32 Å². The molecule has 0 saturated heterocycles. The summed E-state index contributed by atoms with van der Waals surface area (Å²) in [5.41, 5.74) is 3.05. The molecule has 0 radical (unpaired) electrons. The second-order valence-corrected chi connectivity index (χ2v) is 5.02. The summed E-state index contributed by atoms with van der Waals surface area (Å²) < 4.78 is 5.49. The minimum atomic E-state index is 0.0500. The fourth-order valence-electron chi connectivity index (χ4n) is 2.41. The van der Waals surface area contributed by atoms with Gasteiger partial charge in [-0.2, -0.15) is 0 Å². The molecule has 1 N–H and O–H groups in total. The first-order valence-corrected chi connectivity index (χ1v) is 7.08. The summed E-state index contributed by atoms with van der Waals surface area (Å²) in [5, 5.41) is 4.07. The van der Waals surface area contributed by atoms with Crippen molar-refractivity contribution in [3.63, 3.8) is 0 Å². The maximum absolute atomic E-state index is 11.9. The summed E-state index contributed by atoms with van der Waals surface area (Å²) in [4.78, 5) is 11.9. The molecule has 0 aliphatic carbocycles. The molecule has 0 atom stereocenters. The van der Waals surface area contributed by atoms with E-state index < -0.39 is 0 Å². The van der Waals surface area contributed by atoms with E-state index in [0.29, 0.717) is 13.0 Å². The molecule has 21 heavy (non-hydrogen) atoms. The number of carbonyl (C=O) groups excluding carboxylic acids is 1. The smallest absolute Gasteiger partial charge is 0.224 e. The van der Waals surface area contributed by atoms with E-state index in [9.17, 15) is 4.79 Å². The summed E-state index contributed by atoms with van der Waals surface area (Å²) in [6, 6.07) is 17.7. The zero-order chi connectivity index (χ0) is 14.5. The third kappa shape index (κ3) is 3.31. The molecular formula is C18H17NO2. The highest BCUT2D eigenvalue weighted by Crippen LogP contribution is 2.20. The number of hydrogen-bond acceptors (Lipinski definition) is 2. The third-order valence-electron chi connectivity index (χ3n) is 3.49. The molecule has 1 amide bonds. The van der Waals surface area contributed by atoms with Gasteiger partial charge in [0.2, 0.25) is 5.91 Å². The minimum absolute atomic E-state index is 0.0500. The molecule has 1 aromatic heterocycles. The molecule has 0 aliphatic rings. The molecule has 0 spiro atoms. The molecular weight excluding hydrogens is 262 g/mol. The summed E-state index contributed by atoms with van der Waals surface area (Å²) >= 11 is 0. The lowest BCUT2D eigenvalue weighted by molar-refractivity contribution is -0.120. The highest BCUT2D eigenvalue weighted by molar-refractivity contribution is 5.81. The Morgan fingerprint density at radius 2 is 1.76 bits per heavy atom. The van der Waals surface area contributed by atoms with E-state index in [4.69, 9.17) is 4.42 Å². The average molecular weight is 279 g/mol. The summed E-state index contributed by atoms with van der Waals surface area (Å²) in [6.07, 6.45) is 2.97. The molecule has 3 nitrogen and oxygen atoms in total. The van der Waals surface area contributed by atoms with Crippen molar-refractivity contribution in [2.75, 3.05) is 6.54 Å². The Bertz CT molecular complexity index is 731. The molecule has 0 aliphatic heterocycles. The quantitative estimate of drug-likeness (QED) is 0.778. The van der Waals surface area contributed by atoms with Gasteiger partial charge in [-0.25, -0.2) is 0 Å². The van der Waals surface area contributed by atoms with Gasteiger partial charge in [0.1, 0.15) is 5.58 Å². The van der Waals surface area contributed by atoms with Gasteiger partial charge in [0, 0.05) is 11.9 Å². The Balaban J connectivity index is 1.53. The van der Waals surface area contributed by atoms with E-state index in [1.54, 1.807) is 6.26 Å². The van der Waals surface area contributed by atoms with Gasteiger partial charge in [0.15, 0.2) is 0 Å². The van der Waals surface area contributed by atoms with Crippen LogP contribution in [0.25, 0.3) is 11.0 Å². The molecule has 3 rings (SSSR count). The van der Waals surface area contributed by atoms with Crippen molar-refractivity contribution in [2.24, 2.45) is 0 Å². The number of furan rings is 1. The van der Waals surface area contributed by atoms with Crippen LogP contribution in [0.1, 0.15) is 11.1 Å². The molecule has 106 valence electrons. The molecule has 0 fully saturated rings. The van der Waals surface area contributed by atoms with Gasteiger partial charge >= 0.3 is 0 Å². The van der Waals surface area contributed by atoms with Gasteiger partial charge in [-0.1, -0.05) is 48.5 Å². The molecule has 3 aromatic rings. The second-order valence-electron chi connectivity index (χ2n) is 5.02. The van der Waals surface area contributed by atoms with Gasteiger partial charge < -0.3 is 9.73 Å². The number of nitrogens with one attached hydrogen (secondary N) is 1. The first-order valence-electron chi connectivity index (χ1n) is 7.08. The lowest BCUT2D eigenvalue weighted by Crippen LogP contribution is -2.27. The molecule has 0 bridgehead atoms. The number of carbonyl (C=O) groups is 1. The fraction of sp³-hybridized carbons (Fsp3) is 0.167. The van der Waals surface area contributed by atoms with E-state index in [-0.39, 0.29) is 5.91 Å². The van der Waals surface area contributed by atoms with E-state index in [0.717, 1.165) is 28.5 Å². The maximum atomic E-state index is 11.9. The molecule has 0 unspecified atom stereocenters. The van der Waals surface area contributed by atoms with Crippen molar-refractivity contribution < 1.29 is 9.21 Å². The Hall–Kier alpha value is -2.55. The van der Waals surface area contributed by atoms with Crippen molar-refractivity contribution in [1.82, 2.24) is 5.32 Å². The monoisotopic (exact) mass is 279 g/mol. The fourth-order valence-corrected chi connectivity index (χ4v) is 2.41. The van der Waals surface area contributed by atoms with Crippen LogP contribution in [-0.2, 0) is 17.6 Å². The second kappa shape index (κ2) is 6.27. The van der Waals surface area contributed by atoms with E-state index in [1.807, 2.05) is 54.6 Å². The minimum Gasteiger partial charge on any atom is -0.464 e. The highest BCUT2D eigenvalue weighted by Gasteiger charge is 2.06. The molecule has 0 saturated carbocycles. The average Bonchev–Trinajstić information content (AvgIpc) is 2.92. The third-order valence-corrected chi connectivity index (χ3v) is 3.49. The molecule has 3 heteroatoms. The zero-order valence-electron chi connectivity index (χ0n) is 11.7. The van der Waals surface area contributed by atoms with Crippen molar-refractivity contribution in [1.29, 1.82) is 0 Å². The van der Waals surface area contributed by atoms with Crippen LogP contribution < -0.4 is 5.32 Å². The zero-order valence-corrected chi connectivity index (χ0v) is 11.7. The lowest BCUT2D eigenvalue weighted by atomic mass is 10.1. The van der Waals surface area contributed by atoms with Crippen LogP contribution in [0.15, 0.2) is 65.3 Å². The van der Waals surface area contributed by atoms with Crippen LogP contribution in [-0.4, -0.2) is 12.5 Å². The van der Waals surface area contributed by atoms with Crippen LogP contribution in [0.4, 0.5) is 0 Å². The molecule has 1 heterocycles. The highest BCUT2D eigenvalue weighted by atomic mass is 16.3. The first kappa shape index (κ1) is 13.4. The lowest BCUT2D eigenvalue weighted by Gasteiger charge is -2.04. The topological polar surface area (TPSA) is 42.2 Å². The van der Waals surface area contributed by atoms with Crippen LogP contribution >= 0.6 is 0 Å². The van der Waals surface area contributed by atoms with Crippen LogP contribution in [0.5, 0.6) is 0 Å². The first-order chi connectivity index (χ1) is 10.3. The van der Waals surface area contributed by atoms with Gasteiger partial charge in [0.05, 0.1) is 12.7 Å². The van der Waals surface area contributed by atoms with Crippen molar-refractivity contribution in [3.05, 3.63) is 72.0 Å². The Morgan fingerprint density at radius 3 is 2.62 bits per heavy atom. The van der Waals surface area contributed by atoms with Crippen molar-refractivity contribution >= 4 is 16.9 Å². The normalized spacial score (nSPS) is 10.7. The van der Waals surface area contributed by atoms with Gasteiger partial charge in [-0.05, 0) is 23.6 Å². The molecule has 2 aromatic carbocycles. The Kier molecular flexibility index (Phi) is 4.01. The van der Waals surface area contributed by atoms with E-state index in [1.165, 1.54) is 0 Å². The predicted molar refractivity (Wildman–Crippen MR) is 83.1 cm³/mol. The number of benzene rings is 2. The number of para-hydroxylation sites is 1. The van der Waals surface area contributed by atoms with Crippen LogP contribution in [0.2, 0.25) is 0 Å². The van der Waals surface area contributed by atoms with Gasteiger partial charge in [0.25, 0.3) is 0 Å². The number of amides is 1. The SMILES string of the molecule is O=C(Cc1ccccc1)NCCc1coc2ccccc12. The Morgan fingerprint density at radius 1 is 1.00 bits per heavy atom. The van der Waals surface area contributed by atoms with Crippen LogP contribution in [0, 0.1) is 0 Å².